The summed E-state index contributed by atoms with van der Waals surface area (Å²) in [6.07, 6.45) is 0. The molecule has 0 saturated heterocycles. The predicted molar refractivity (Wildman–Crippen MR) is 101 cm³/mol. The number of hydrogen-bond donors (Lipinski definition) is 2. The Morgan fingerprint density at radius 1 is 0.741 bits per heavy atom. The SMILES string of the molecule is O=S(=O)(O)c1cccc(N=Nc2ccccc2)c1N=NNc1ccccc1. The summed E-state index contributed by atoms with van der Waals surface area (Å²) < 4.78 is 32.8. The van der Waals surface area contributed by atoms with Crippen LogP contribution in [0.2, 0.25) is 0 Å². The highest BCUT2D eigenvalue weighted by Crippen LogP contribution is 2.36. The molecule has 27 heavy (non-hydrogen) atoms. The van der Waals surface area contributed by atoms with Crippen molar-refractivity contribution in [3.63, 3.8) is 0 Å². The van der Waals surface area contributed by atoms with Crippen LogP contribution < -0.4 is 5.43 Å². The van der Waals surface area contributed by atoms with Crippen molar-refractivity contribution in [1.29, 1.82) is 0 Å². The van der Waals surface area contributed by atoms with Crippen molar-refractivity contribution in [2.75, 3.05) is 5.43 Å². The van der Waals surface area contributed by atoms with Gasteiger partial charge in [-0.25, -0.2) is 0 Å². The maximum atomic E-state index is 11.7. The summed E-state index contributed by atoms with van der Waals surface area (Å²) in [6, 6.07) is 22.1. The lowest BCUT2D eigenvalue weighted by Gasteiger charge is -2.04. The molecule has 2 N–H and O–H groups in total. The molecule has 3 aromatic rings. The number of hydrogen-bond acceptors (Lipinski definition) is 6. The molecular weight excluding hydrogens is 366 g/mol. The van der Waals surface area contributed by atoms with Gasteiger partial charge >= 0.3 is 0 Å². The Kier molecular flexibility index (Phi) is 5.64. The van der Waals surface area contributed by atoms with Crippen LogP contribution in [0.5, 0.6) is 0 Å². The van der Waals surface area contributed by atoms with E-state index in [-0.39, 0.29) is 11.4 Å². The van der Waals surface area contributed by atoms with Gasteiger partial charge < -0.3 is 0 Å². The topological polar surface area (TPSA) is 116 Å². The Morgan fingerprint density at radius 2 is 1.41 bits per heavy atom. The van der Waals surface area contributed by atoms with Gasteiger partial charge in [0.2, 0.25) is 0 Å². The summed E-state index contributed by atoms with van der Waals surface area (Å²) in [5, 5.41) is 15.8. The van der Waals surface area contributed by atoms with E-state index in [0.717, 1.165) is 0 Å². The fourth-order valence-corrected chi connectivity index (χ4v) is 2.79. The summed E-state index contributed by atoms with van der Waals surface area (Å²) in [4.78, 5) is -0.411. The van der Waals surface area contributed by atoms with Gasteiger partial charge in [-0.15, -0.1) is 10.2 Å². The zero-order valence-corrected chi connectivity index (χ0v) is 14.8. The second kappa shape index (κ2) is 8.30. The van der Waals surface area contributed by atoms with Gasteiger partial charge in [-0.1, -0.05) is 47.7 Å². The molecule has 0 aromatic heterocycles. The third kappa shape index (κ3) is 5.03. The summed E-state index contributed by atoms with van der Waals surface area (Å²) in [5.41, 5.74) is 3.95. The molecule has 0 atom stereocenters. The van der Waals surface area contributed by atoms with E-state index in [9.17, 15) is 13.0 Å². The molecule has 136 valence electrons. The smallest absolute Gasteiger partial charge is 0.282 e. The molecule has 0 radical (unpaired) electrons. The largest absolute Gasteiger partial charge is 0.296 e. The van der Waals surface area contributed by atoms with E-state index >= 15 is 0 Å². The Labute approximate surface area is 156 Å². The second-order valence-electron chi connectivity index (χ2n) is 5.31. The number of rotatable bonds is 6. The average Bonchev–Trinajstić information content (AvgIpc) is 2.68. The highest BCUT2D eigenvalue weighted by atomic mass is 32.2. The Hall–Kier alpha value is -3.43. The quantitative estimate of drug-likeness (QED) is 0.335. The summed E-state index contributed by atoms with van der Waals surface area (Å²) in [6.45, 7) is 0. The molecule has 0 saturated carbocycles. The second-order valence-corrected chi connectivity index (χ2v) is 6.70. The lowest BCUT2D eigenvalue weighted by Crippen LogP contribution is -1.98. The molecule has 9 heteroatoms. The molecule has 8 nitrogen and oxygen atoms in total. The van der Waals surface area contributed by atoms with E-state index in [0.29, 0.717) is 11.4 Å². The normalized spacial score (nSPS) is 11.9. The van der Waals surface area contributed by atoms with Crippen molar-refractivity contribution < 1.29 is 13.0 Å². The van der Waals surface area contributed by atoms with E-state index < -0.39 is 15.0 Å². The van der Waals surface area contributed by atoms with Crippen LogP contribution in [0.25, 0.3) is 0 Å². The molecule has 0 aliphatic rings. The minimum absolute atomic E-state index is 0.122. The monoisotopic (exact) mass is 381 g/mol. The molecular formula is C18H15N5O3S. The van der Waals surface area contributed by atoms with Gasteiger partial charge in [-0.05, 0) is 36.4 Å². The van der Waals surface area contributed by atoms with Crippen LogP contribution in [-0.4, -0.2) is 13.0 Å². The molecule has 0 amide bonds. The number of benzene rings is 3. The van der Waals surface area contributed by atoms with Gasteiger partial charge in [-0.2, -0.15) is 13.5 Å². The standard InChI is InChI=1S/C18H15N5O3S/c24-27(25,26)17-13-7-12-16(21-19-14-8-3-1-4-9-14)18(17)22-23-20-15-10-5-2-6-11-15/h1-13H,(H,20,22)(H,24,25,26). The van der Waals surface area contributed by atoms with Gasteiger partial charge in [0.05, 0.1) is 11.4 Å². The van der Waals surface area contributed by atoms with Crippen LogP contribution in [0, 0.1) is 0 Å². The number of nitrogens with one attached hydrogen (secondary N) is 1. The molecule has 0 fully saturated rings. The Balaban J connectivity index is 1.97. The fourth-order valence-electron chi connectivity index (χ4n) is 2.15. The van der Waals surface area contributed by atoms with E-state index in [2.05, 4.69) is 26.0 Å². The third-order valence-corrected chi connectivity index (χ3v) is 4.27. The fraction of sp³-hybridized carbons (Fsp3) is 0. The summed E-state index contributed by atoms with van der Waals surface area (Å²) >= 11 is 0. The first-order valence-corrected chi connectivity index (χ1v) is 9.27. The van der Waals surface area contributed by atoms with Gasteiger partial charge in [0.15, 0.2) is 0 Å². The number of nitrogens with zero attached hydrogens (tertiary/aromatic N) is 4. The third-order valence-electron chi connectivity index (χ3n) is 3.39. The zero-order valence-electron chi connectivity index (χ0n) is 14.0. The minimum atomic E-state index is -4.52. The van der Waals surface area contributed by atoms with E-state index in [4.69, 9.17) is 0 Å². The first kappa shape index (κ1) is 18.4. The maximum Gasteiger partial charge on any atom is 0.296 e. The lowest BCUT2D eigenvalue weighted by molar-refractivity contribution is 0.483. The van der Waals surface area contributed by atoms with Crippen LogP contribution in [0.15, 0.2) is 104 Å². The average molecular weight is 381 g/mol. The lowest BCUT2D eigenvalue weighted by atomic mass is 10.3. The van der Waals surface area contributed by atoms with E-state index in [1.165, 1.54) is 18.2 Å². The van der Waals surface area contributed by atoms with E-state index in [1.807, 2.05) is 24.3 Å². The van der Waals surface area contributed by atoms with Crippen LogP contribution in [0.1, 0.15) is 0 Å². The summed E-state index contributed by atoms with van der Waals surface area (Å²) in [5.74, 6) is 0. The molecule has 0 bridgehead atoms. The first-order valence-electron chi connectivity index (χ1n) is 7.83. The van der Waals surface area contributed by atoms with Gasteiger partial charge in [0, 0.05) is 0 Å². The van der Waals surface area contributed by atoms with Crippen molar-refractivity contribution >= 4 is 32.9 Å². The summed E-state index contributed by atoms with van der Waals surface area (Å²) in [7, 11) is -4.52. The van der Waals surface area contributed by atoms with Gasteiger partial charge in [-0.3, -0.25) is 9.98 Å². The van der Waals surface area contributed by atoms with Crippen LogP contribution in [-0.2, 0) is 10.1 Å². The maximum absolute atomic E-state index is 11.7. The molecule has 0 unspecified atom stereocenters. The zero-order chi connectivity index (χ0) is 19.1. The number of para-hydroxylation sites is 1. The number of anilines is 1. The molecule has 0 heterocycles. The van der Waals surface area contributed by atoms with Crippen LogP contribution in [0.3, 0.4) is 0 Å². The van der Waals surface area contributed by atoms with Gasteiger partial charge in [0.25, 0.3) is 10.1 Å². The van der Waals surface area contributed by atoms with Crippen molar-refractivity contribution in [3.05, 3.63) is 78.9 Å². The van der Waals surface area contributed by atoms with Crippen LogP contribution in [0.4, 0.5) is 22.7 Å². The highest BCUT2D eigenvalue weighted by Gasteiger charge is 2.18. The van der Waals surface area contributed by atoms with E-state index in [1.54, 1.807) is 36.4 Å². The Bertz CT molecular complexity index is 1070. The molecule has 0 aliphatic carbocycles. The predicted octanol–water partition coefficient (Wildman–Crippen LogP) is 5.46. The van der Waals surface area contributed by atoms with Crippen molar-refractivity contribution in [2.45, 2.75) is 4.90 Å². The van der Waals surface area contributed by atoms with Crippen molar-refractivity contribution in [3.8, 4) is 0 Å². The van der Waals surface area contributed by atoms with Gasteiger partial charge in [0.1, 0.15) is 16.3 Å². The van der Waals surface area contributed by atoms with Crippen LogP contribution >= 0.6 is 0 Å². The Morgan fingerprint density at radius 3 is 2.07 bits per heavy atom. The molecule has 3 aromatic carbocycles. The molecule has 3 rings (SSSR count). The minimum Gasteiger partial charge on any atom is -0.282 e. The number of azo groups is 1. The highest BCUT2D eigenvalue weighted by molar-refractivity contribution is 7.86. The van der Waals surface area contributed by atoms with Crippen molar-refractivity contribution in [1.82, 2.24) is 0 Å². The molecule has 0 spiro atoms. The first-order chi connectivity index (χ1) is 13.0. The van der Waals surface area contributed by atoms with Crippen molar-refractivity contribution in [2.24, 2.45) is 20.6 Å². The molecule has 0 aliphatic heterocycles.